The van der Waals surface area contributed by atoms with Crippen molar-refractivity contribution in [3.8, 4) is 0 Å². The van der Waals surface area contributed by atoms with Gasteiger partial charge >= 0.3 is 0 Å². The summed E-state index contributed by atoms with van der Waals surface area (Å²) in [6.45, 7) is 26.7. The molecule has 0 aromatic heterocycles. The number of benzene rings is 2. The number of ether oxygens (including phenoxy) is 1. The summed E-state index contributed by atoms with van der Waals surface area (Å²) >= 11 is 0. The Balaban J connectivity index is 2.07. The zero-order chi connectivity index (χ0) is 37.5. The second-order valence-corrected chi connectivity index (χ2v) is 31.6. The third kappa shape index (κ3) is 10.9. The largest absolute Gasteiger partial charge is 0.417 e. The van der Waals surface area contributed by atoms with Gasteiger partial charge in [0.25, 0.3) is 0 Å². The van der Waals surface area contributed by atoms with E-state index in [0.29, 0.717) is 19.2 Å². The van der Waals surface area contributed by atoms with Crippen molar-refractivity contribution in [3.05, 3.63) is 84.5 Å². The summed E-state index contributed by atoms with van der Waals surface area (Å²) in [7, 11) is -8.72. The van der Waals surface area contributed by atoms with E-state index in [1.807, 2.05) is 60.7 Å². The van der Waals surface area contributed by atoms with Crippen LogP contribution in [0.4, 0.5) is 0 Å². The molecule has 286 valence electrons. The lowest BCUT2D eigenvalue weighted by atomic mass is 9.84. The molecule has 0 saturated heterocycles. The first-order chi connectivity index (χ1) is 24.5. The maximum Gasteiger partial charge on any atom is 0.193 e. The summed E-state index contributed by atoms with van der Waals surface area (Å²) in [4.78, 5) is 0. The molecule has 5 nitrogen and oxygen atoms in total. The van der Waals surface area contributed by atoms with Crippen LogP contribution in [0, 0.1) is 0 Å². The van der Waals surface area contributed by atoms with Crippen LogP contribution in [0.1, 0.15) is 75.2 Å². The van der Waals surface area contributed by atoms with Crippen LogP contribution in [-0.2, 0) is 22.6 Å². The van der Waals surface area contributed by atoms with Gasteiger partial charge < -0.3 is 22.6 Å². The van der Waals surface area contributed by atoms with Crippen molar-refractivity contribution in [3.63, 3.8) is 0 Å². The normalized spacial score (nSPS) is 19.9. The first-order valence-corrected chi connectivity index (χ1v) is 29.7. The Labute approximate surface area is 315 Å². The van der Waals surface area contributed by atoms with E-state index in [2.05, 4.69) is 68.4 Å². The summed E-state index contributed by atoms with van der Waals surface area (Å²) in [5.41, 5.74) is 2.09. The minimum absolute atomic E-state index is 0.153. The molecule has 3 rings (SSSR count). The maximum absolute atomic E-state index is 15.1. The standard InChI is InChI=1S/C42H71O5PSi3/c1-11-49(12-2,13-3)45-33-26-32-44-42-40(46-50(14-4,15-5)16-6)35-37(36(10)41(42)47-51(17-7,18-8)19-9)31-34-48(43,38-27-22-20-23-28-38)39-29-24-21-25-30-39/h20-25,27-31,40-42H,10-19,26,32-35H2,1-9H3/b37-31-/t40-,41-,42-/m0/s1. The van der Waals surface area contributed by atoms with Gasteiger partial charge in [-0.05, 0) is 72.0 Å². The zero-order valence-electron chi connectivity index (χ0n) is 33.7. The van der Waals surface area contributed by atoms with Gasteiger partial charge in [-0.3, -0.25) is 0 Å². The van der Waals surface area contributed by atoms with Crippen molar-refractivity contribution in [2.24, 2.45) is 0 Å². The van der Waals surface area contributed by atoms with E-state index in [4.69, 9.17) is 24.6 Å². The molecule has 1 fully saturated rings. The fourth-order valence-electron chi connectivity index (χ4n) is 7.85. The predicted molar refractivity (Wildman–Crippen MR) is 228 cm³/mol. The van der Waals surface area contributed by atoms with Crippen molar-refractivity contribution < 1.29 is 22.6 Å². The quantitative estimate of drug-likeness (QED) is 0.0640. The zero-order valence-corrected chi connectivity index (χ0v) is 37.6. The van der Waals surface area contributed by atoms with E-state index in [1.165, 1.54) is 0 Å². The van der Waals surface area contributed by atoms with E-state index < -0.39 is 32.1 Å². The molecule has 51 heavy (non-hydrogen) atoms. The molecule has 0 spiro atoms. The molecule has 0 bridgehead atoms. The summed E-state index contributed by atoms with van der Waals surface area (Å²) in [6, 6.07) is 29.8. The monoisotopic (exact) mass is 770 g/mol. The molecule has 1 saturated carbocycles. The van der Waals surface area contributed by atoms with Crippen molar-refractivity contribution >= 4 is 42.7 Å². The van der Waals surface area contributed by atoms with Crippen molar-refractivity contribution in [1.29, 1.82) is 0 Å². The minimum atomic E-state index is -2.96. The van der Waals surface area contributed by atoms with Gasteiger partial charge in [0.15, 0.2) is 25.0 Å². The fraction of sp³-hybridized carbons (Fsp3) is 0.619. The number of rotatable bonds is 23. The third-order valence-corrected chi connectivity index (χ3v) is 29.3. The Bertz CT molecular complexity index is 1320. The van der Waals surface area contributed by atoms with Crippen LogP contribution in [-0.4, -0.2) is 62.6 Å². The van der Waals surface area contributed by atoms with Gasteiger partial charge in [0.2, 0.25) is 0 Å². The average molecular weight is 771 g/mol. The molecule has 9 heteroatoms. The molecule has 0 heterocycles. The van der Waals surface area contributed by atoms with Gasteiger partial charge in [-0.1, -0.05) is 136 Å². The second-order valence-electron chi connectivity index (χ2n) is 14.5. The molecular weight excluding hydrogens is 700 g/mol. The first kappa shape index (κ1) is 44.0. The van der Waals surface area contributed by atoms with E-state index in [9.17, 15) is 0 Å². The Kier molecular flexibility index (Phi) is 18.1. The molecule has 0 amide bonds. The van der Waals surface area contributed by atoms with Crippen LogP contribution in [0.25, 0.3) is 0 Å². The highest BCUT2D eigenvalue weighted by Gasteiger charge is 2.47. The first-order valence-electron chi connectivity index (χ1n) is 20.2. The number of allylic oxidation sites excluding steroid dienone is 1. The number of hydrogen-bond acceptors (Lipinski definition) is 5. The molecule has 0 N–H and O–H groups in total. The molecule has 2 aromatic rings. The Morgan fingerprint density at radius 2 is 1.12 bits per heavy atom. The van der Waals surface area contributed by atoms with E-state index in [1.54, 1.807) is 0 Å². The lowest BCUT2D eigenvalue weighted by Crippen LogP contribution is -2.56. The number of hydrogen-bond donors (Lipinski definition) is 0. The van der Waals surface area contributed by atoms with E-state index >= 15 is 4.57 Å². The average Bonchev–Trinajstić information content (AvgIpc) is 3.19. The molecule has 3 atom stereocenters. The van der Waals surface area contributed by atoms with Crippen LogP contribution in [0.2, 0.25) is 54.4 Å². The molecule has 0 aliphatic heterocycles. The highest BCUT2D eigenvalue weighted by atomic mass is 31.2. The van der Waals surface area contributed by atoms with Gasteiger partial charge in [-0.15, -0.1) is 0 Å². The molecule has 1 aliphatic carbocycles. The van der Waals surface area contributed by atoms with Crippen LogP contribution >= 0.6 is 7.14 Å². The highest BCUT2D eigenvalue weighted by Crippen LogP contribution is 2.46. The lowest BCUT2D eigenvalue weighted by molar-refractivity contribution is -0.0871. The maximum atomic E-state index is 15.1. The van der Waals surface area contributed by atoms with Gasteiger partial charge in [0.05, 0.1) is 12.2 Å². The smallest absolute Gasteiger partial charge is 0.193 e. The van der Waals surface area contributed by atoms with Crippen LogP contribution in [0.15, 0.2) is 84.5 Å². The highest BCUT2D eigenvalue weighted by molar-refractivity contribution is 7.78. The fourth-order valence-corrected chi connectivity index (χ4v) is 18.7. The van der Waals surface area contributed by atoms with Gasteiger partial charge in [0.1, 0.15) is 13.2 Å². The Morgan fingerprint density at radius 3 is 1.57 bits per heavy atom. The third-order valence-electron chi connectivity index (χ3n) is 12.4. The van der Waals surface area contributed by atoms with Gasteiger partial charge in [-0.2, -0.15) is 0 Å². The summed E-state index contributed by atoms with van der Waals surface area (Å²) in [5, 5.41) is 1.76. The van der Waals surface area contributed by atoms with Gasteiger partial charge in [-0.25, -0.2) is 0 Å². The van der Waals surface area contributed by atoms with E-state index in [-0.39, 0.29) is 18.3 Å². The van der Waals surface area contributed by atoms with Crippen LogP contribution < -0.4 is 10.6 Å². The molecule has 2 aromatic carbocycles. The second kappa shape index (κ2) is 20.9. The summed E-state index contributed by atoms with van der Waals surface area (Å²) < 4.78 is 43.5. The SMILES string of the molecule is C=C1/C(=C\CP(=O)(c2ccccc2)c2ccccc2)C[C@H](O[Si](CC)(CC)CC)[C@H](OCCCO[Si](CC)(CC)CC)[C@H]1O[Si](CC)(CC)CC. The Hall–Kier alpha value is -1.36. The molecule has 1 aliphatic rings. The summed E-state index contributed by atoms with van der Waals surface area (Å²) in [6.07, 6.45) is 3.48. The molecule has 0 radical (unpaired) electrons. The van der Waals surface area contributed by atoms with Crippen LogP contribution in [0.5, 0.6) is 0 Å². The minimum Gasteiger partial charge on any atom is -0.417 e. The lowest BCUT2D eigenvalue weighted by Gasteiger charge is -2.47. The van der Waals surface area contributed by atoms with Crippen molar-refractivity contribution in [2.75, 3.05) is 19.4 Å². The molecular formula is C42H71O5PSi3. The molecule has 0 unspecified atom stereocenters. The van der Waals surface area contributed by atoms with Crippen molar-refractivity contribution in [1.82, 2.24) is 0 Å². The Morgan fingerprint density at radius 1 is 0.667 bits per heavy atom. The summed E-state index contributed by atoms with van der Waals surface area (Å²) in [5.74, 6) is 0. The van der Waals surface area contributed by atoms with Crippen LogP contribution in [0.3, 0.4) is 0 Å². The van der Waals surface area contributed by atoms with E-state index in [0.717, 1.165) is 89.2 Å². The topological polar surface area (TPSA) is 54.0 Å². The predicted octanol–water partition coefficient (Wildman–Crippen LogP) is 11.5. The van der Waals surface area contributed by atoms with Crippen molar-refractivity contribution in [2.45, 2.75) is 148 Å². The van der Waals surface area contributed by atoms with Gasteiger partial charge in [0, 0.05) is 36.4 Å².